The van der Waals surface area contributed by atoms with Gasteiger partial charge in [-0.3, -0.25) is 14.5 Å². The number of fused-ring (bicyclic) bond motifs is 1. The second kappa shape index (κ2) is 8.10. The smallest absolute Gasteiger partial charge is 0.278 e. The zero-order valence-electron chi connectivity index (χ0n) is 17.3. The Morgan fingerprint density at radius 3 is 2.13 bits per heavy atom. The molecule has 2 aromatic carbocycles. The van der Waals surface area contributed by atoms with Gasteiger partial charge in [0, 0.05) is 19.1 Å². The highest BCUT2D eigenvalue weighted by Crippen LogP contribution is 2.37. The number of benzene rings is 2. The molecular formula is C26H28N2O2. The zero-order valence-corrected chi connectivity index (χ0v) is 17.3. The Bertz CT molecular complexity index is 987. The van der Waals surface area contributed by atoms with Crippen molar-refractivity contribution in [1.29, 1.82) is 0 Å². The van der Waals surface area contributed by atoms with Crippen LogP contribution in [-0.2, 0) is 22.6 Å². The van der Waals surface area contributed by atoms with E-state index >= 15 is 0 Å². The average Bonchev–Trinajstić information content (AvgIpc) is 2.94. The molecule has 0 saturated heterocycles. The molecule has 0 radical (unpaired) electrons. The molecule has 1 saturated carbocycles. The molecule has 0 N–H and O–H groups in total. The Kier molecular flexibility index (Phi) is 5.16. The lowest BCUT2D eigenvalue weighted by molar-refractivity contribution is -0.140. The molecule has 5 rings (SSSR count). The van der Waals surface area contributed by atoms with Crippen LogP contribution in [-0.4, -0.2) is 34.2 Å². The lowest BCUT2D eigenvalue weighted by Gasteiger charge is -2.32. The maximum atomic E-state index is 13.7. The third-order valence-corrected chi connectivity index (χ3v) is 6.79. The maximum Gasteiger partial charge on any atom is 0.278 e. The van der Waals surface area contributed by atoms with Crippen LogP contribution in [0.1, 0.15) is 55.2 Å². The molecule has 0 spiro atoms. The summed E-state index contributed by atoms with van der Waals surface area (Å²) in [5.41, 5.74) is 4.62. The summed E-state index contributed by atoms with van der Waals surface area (Å²) in [6.07, 6.45) is 7.32. The molecule has 3 aliphatic rings. The molecule has 2 aromatic rings. The van der Waals surface area contributed by atoms with E-state index in [1.54, 1.807) is 4.90 Å². The maximum absolute atomic E-state index is 13.7. The van der Waals surface area contributed by atoms with Gasteiger partial charge in [0.15, 0.2) is 0 Å². The van der Waals surface area contributed by atoms with E-state index in [0.29, 0.717) is 17.8 Å². The summed E-state index contributed by atoms with van der Waals surface area (Å²) in [5.74, 6) is -0.197. The highest BCUT2D eigenvalue weighted by atomic mass is 16.2. The van der Waals surface area contributed by atoms with E-state index in [9.17, 15) is 9.59 Å². The van der Waals surface area contributed by atoms with Crippen LogP contribution in [0.5, 0.6) is 0 Å². The standard InChI is InChI=1S/C26H28N2O2/c29-25-23(20-11-4-3-5-12-20)24(26(30)28(25)22-14-6-1-2-7-15-22)27-17-16-19-10-8-9-13-21(19)18-27/h3-5,8-13,22H,1-2,6-7,14-18H2. The fourth-order valence-electron chi connectivity index (χ4n) is 5.23. The number of hydrogen-bond acceptors (Lipinski definition) is 3. The van der Waals surface area contributed by atoms with E-state index in [1.165, 1.54) is 24.0 Å². The Morgan fingerprint density at radius 2 is 1.40 bits per heavy atom. The molecule has 0 bridgehead atoms. The molecule has 30 heavy (non-hydrogen) atoms. The van der Waals surface area contributed by atoms with Crippen LogP contribution < -0.4 is 0 Å². The second-order valence-electron chi connectivity index (χ2n) is 8.66. The Balaban J connectivity index is 1.55. The summed E-state index contributed by atoms with van der Waals surface area (Å²) in [7, 11) is 0. The van der Waals surface area contributed by atoms with Crippen LogP contribution in [0.3, 0.4) is 0 Å². The van der Waals surface area contributed by atoms with Crippen molar-refractivity contribution in [3.8, 4) is 0 Å². The van der Waals surface area contributed by atoms with Crippen LogP contribution in [0, 0.1) is 0 Å². The summed E-state index contributed by atoms with van der Waals surface area (Å²) < 4.78 is 0. The van der Waals surface area contributed by atoms with Crippen molar-refractivity contribution in [1.82, 2.24) is 9.80 Å². The van der Waals surface area contributed by atoms with Crippen molar-refractivity contribution in [3.63, 3.8) is 0 Å². The van der Waals surface area contributed by atoms with Gasteiger partial charge in [0.25, 0.3) is 11.8 Å². The summed E-state index contributed by atoms with van der Waals surface area (Å²) in [6.45, 7) is 1.44. The number of rotatable bonds is 3. The molecule has 2 aliphatic heterocycles. The van der Waals surface area contributed by atoms with Gasteiger partial charge in [-0.05, 0) is 36.0 Å². The summed E-state index contributed by atoms with van der Waals surface area (Å²) in [6, 6.07) is 18.2. The second-order valence-corrected chi connectivity index (χ2v) is 8.66. The Hall–Kier alpha value is -2.88. The topological polar surface area (TPSA) is 40.6 Å². The van der Waals surface area contributed by atoms with Gasteiger partial charge in [0.1, 0.15) is 5.70 Å². The van der Waals surface area contributed by atoms with Crippen molar-refractivity contribution < 1.29 is 9.59 Å². The minimum atomic E-state index is -0.105. The van der Waals surface area contributed by atoms with Gasteiger partial charge < -0.3 is 4.90 Å². The molecule has 4 heteroatoms. The molecule has 4 nitrogen and oxygen atoms in total. The van der Waals surface area contributed by atoms with E-state index in [4.69, 9.17) is 0 Å². The molecule has 1 fully saturated rings. The first-order valence-corrected chi connectivity index (χ1v) is 11.2. The van der Waals surface area contributed by atoms with E-state index in [-0.39, 0.29) is 17.9 Å². The van der Waals surface area contributed by atoms with Crippen LogP contribution >= 0.6 is 0 Å². The molecule has 0 atom stereocenters. The number of hydrogen-bond donors (Lipinski definition) is 0. The van der Waals surface area contributed by atoms with Gasteiger partial charge in [-0.1, -0.05) is 80.3 Å². The minimum absolute atomic E-state index is 0.0285. The quantitative estimate of drug-likeness (QED) is 0.561. The third-order valence-electron chi connectivity index (χ3n) is 6.79. The van der Waals surface area contributed by atoms with Crippen molar-refractivity contribution in [2.75, 3.05) is 6.54 Å². The van der Waals surface area contributed by atoms with Crippen molar-refractivity contribution in [2.45, 2.75) is 57.5 Å². The first-order valence-electron chi connectivity index (χ1n) is 11.2. The SMILES string of the molecule is O=C1C(c2ccccc2)=C(N2CCc3ccccc3C2)C(=O)N1C1CCCCCC1. The van der Waals surface area contributed by atoms with E-state index < -0.39 is 0 Å². The van der Waals surface area contributed by atoms with E-state index in [2.05, 4.69) is 23.1 Å². The number of carbonyl (C=O) groups excluding carboxylic acids is 2. The van der Waals surface area contributed by atoms with Crippen LogP contribution in [0.4, 0.5) is 0 Å². The van der Waals surface area contributed by atoms with Crippen molar-refractivity contribution >= 4 is 17.4 Å². The number of imide groups is 1. The Morgan fingerprint density at radius 1 is 0.733 bits per heavy atom. The molecular weight excluding hydrogens is 372 g/mol. The van der Waals surface area contributed by atoms with Crippen molar-refractivity contribution in [2.24, 2.45) is 0 Å². The lowest BCUT2D eigenvalue weighted by Crippen LogP contribution is -2.43. The third kappa shape index (κ3) is 3.34. The van der Waals surface area contributed by atoms with Crippen LogP contribution in [0.25, 0.3) is 5.57 Å². The van der Waals surface area contributed by atoms with E-state index in [1.807, 2.05) is 36.4 Å². The van der Waals surface area contributed by atoms with Crippen molar-refractivity contribution in [3.05, 3.63) is 77.0 Å². The summed E-state index contributed by atoms with van der Waals surface area (Å²) in [4.78, 5) is 31.1. The van der Waals surface area contributed by atoms with Gasteiger partial charge in [0.2, 0.25) is 0 Å². The predicted molar refractivity (Wildman–Crippen MR) is 117 cm³/mol. The monoisotopic (exact) mass is 400 g/mol. The highest BCUT2D eigenvalue weighted by molar-refractivity contribution is 6.35. The fourth-order valence-corrected chi connectivity index (χ4v) is 5.23. The van der Waals surface area contributed by atoms with Gasteiger partial charge in [0.05, 0.1) is 5.57 Å². The average molecular weight is 401 g/mol. The van der Waals surface area contributed by atoms with Crippen LogP contribution in [0.15, 0.2) is 60.3 Å². The molecule has 2 heterocycles. The number of nitrogens with zero attached hydrogens (tertiary/aromatic N) is 2. The van der Waals surface area contributed by atoms with Gasteiger partial charge in [-0.25, -0.2) is 0 Å². The van der Waals surface area contributed by atoms with Gasteiger partial charge in [-0.2, -0.15) is 0 Å². The predicted octanol–water partition coefficient (Wildman–Crippen LogP) is 4.55. The molecule has 1 aliphatic carbocycles. The summed E-state index contributed by atoms with van der Waals surface area (Å²) in [5, 5.41) is 0. The van der Waals surface area contributed by atoms with Gasteiger partial charge in [-0.15, -0.1) is 0 Å². The number of carbonyl (C=O) groups is 2. The molecule has 154 valence electrons. The lowest BCUT2D eigenvalue weighted by atomic mass is 9.98. The van der Waals surface area contributed by atoms with E-state index in [0.717, 1.165) is 44.2 Å². The first kappa shape index (κ1) is 19.1. The number of amides is 2. The highest BCUT2D eigenvalue weighted by Gasteiger charge is 2.45. The largest absolute Gasteiger partial charge is 0.362 e. The summed E-state index contributed by atoms with van der Waals surface area (Å²) >= 11 is 0. The fraction of sp³-hybridized carbons (Fsp3) is 0.385. The normalized spacial score (nSPS) is 20.5. The first-order chi connectivity index (χ1) is 14.7. The zero-order chi connectivity index (χ0) is 20.5. The van der Waals surface area contributed by atoms with Crippen LogP contribution in [0.2, 0.25) is 0 Å². The molecule has 2 amide bonds. The minimum Gasteiger partial charge on any atom is -0.362 e. The molecule has 0 unspecified atom stereocenters. The van der Waals surface area contributed by atoms with Gasteiger partial charge >= 0.3 is 0 Å². The Labute approximate surface area is 178 Å². The molecule has 0 aromatic heterocycles.